The molecule has 1 aliphatic heterocycles. The minimum absolute atomic E-state index is 0. The van der Waals surface area contributed by atoms with E-state index in [2.05, 4.69) is 5.32 Å². The van der Waals surface area contributed by atoms with E-state index in [9.17, 15) is 14.7 Å². The number of benzene rings is 1. The Morgan fingerprint density at radius 2 is 2.16 bits per heavy atom. The Hall–Kier alpha value is -1.30. The normalized spacial score (nSPS) is 26.6. The third kappa shape index (κ3) is 3.50. The van der Waals surface area contributed by atoms with E-state index in [1.807, 2.05) is 24.8 Å². The van der Waals surface area contributed by atoms with Crippen molar-refractivity contribution < 1.29 is 14.7 Å². The molecule has 1 amide bonds. The first-order valence-electron chi connectivity index (χ1n) is 8.38. The van der Waals surface area contributed by atoms with Crippen LogP contribution < -0.4 is 5.32 Å². The lowest BCUT2D eigenvalue weighted by atomic mass is 9.81. The summed E-state index contributed by atoms with van der Waals surface area (Å²) in [5.41, 5.74) is 0.868. The van der Waals surface area contributed by atoms with Gasteiger partial charge in [-0.2, -0.15) is 0 Å². The van der Waals surface area contributed by atoms with Gasteiger partial charge in [-0.05, 0) is 50.3 Å². The molecule has 25 heavy (non-hydrogen) atoms. The van der Waals surface area contributed by atoms with Crippen LogP contribution in [0, 0.1) is 18.3 Å². The number of fused-ring (bicyclic) bond motifs is 1. The number of nitrogens with one attached hydrogen (secondary N) is 1. The second-order valence-electron chi connectivity index (χ2n) is 7.06. The summed E-state index contributed by atoms with van der Waals surface area (Å²) in [6, 6.07) is 5.04. The molecule has 7 heteroatoms. The van der Waals surface area contributed by atoms with E-state index >= 15 is 0 Å². The van der Waals surface area contributed by atoms with Gasteiger partial charge in [-0.15, -0.1) is 12.4 Å². The number of halogens is 2. The van der Waals surface area contributed by atoms with Gasteiger partial charge in [0.25, 0.3) is 0 Å². The number of amides is 1. The van der Waals surface area contributed by atoms with Crippen molar-refractivity contribution >= 4 is 41.6 Å². The first-order chi connectivity index (χ1) is 11.3. The number of aliphatic carboxylic acids is 1. The van der Waals surface area contributed by atoms with E-state index < -0.39 is 11.4 Å². The minimum atomic E-state index is -0.717. The number of anilines is 1. The van der Waals surface area contributed by atoms with Crippen molar-refractivity contribution in [1.29, 1.82) is 0 Å². The molecular weight excluding hydrogens is 363 g/mol. The van der Waals surface area contributed by atoms with Crippen molar-refractivity contribution in [3.63, 3.8) is 0 Å². The molecule has 1 aromatic carbocycles. The van der Waals surface area contributed by atoms with Crippen LogP contribution in [-0.2, 0) is 9.59 Å². The highest BCUT2D eigenvalue weighted by Crippen LogP contribution is 2.49. The lowest BCUT2D eigenvalue weighted by molar-refractivity contribution is -0.149. The molecule has 3 atom stereocenters. The monoisotopic (exact) mass is 386 g/mol. The summed E-state index contributed by atoms with van der Waals surface area (Å²) in [5.74, 6) is -0.690. The predicted octanol–water partition coefficient (Wildman–Crippen LogP) is 3.58. The van der Waals surface area contributed by atoms with Gasteiger partial charge in [-0.25, -0.2) is 0 Å². The average Bonchev–Trinajstić information content (AvgIpc) is 3.09. The lowest BCUT2D eigenvalue weighted by Crippen LogP contribution is -2.43. The van der Waals surface area contributed by atoms with Crippen LogP contribution in [0.2, 0.25) is 5.02 Å². The van der Waals surface area contributed by atoms with Crippen LogP contribution in [0.4, 0.5) is 5.69 Å². The number of hydrogen-bond donors (Lipinski definition) is 2. The highest BCUT2D eigenvalue weighted by molar-refractivity contribution is 6.31. The van der Waals surface area contributed by atoms with Crippen molar-refractivity contribution in [2.75, 3.05) is 18.4 Å². The fraction of sp³-hybridized carbons (Fsp3) is 0.556. The SMILES string of the molecule is Cc1c(Cl)cccc1NC(=O)C(C)N1C[C@@H]2CCC[C@@]2(C(=O)O)C1.Cl. The lowest BCUT2D eigenvalue weighted by Gasteiger charge is -2.26. The summed E-state index contributed by atoms with van der Waals surface area (Å²) in [5, 5.41) is 13.2. The third-order valence-electron chi connectivity index (χ3n) is 5.78. The minimum Gasteiger partial charge on any atom is -0.481 e. The molecule has 1 saturated carbocycles. The van der Waals surface area contributed by atoms with Crippen LogP contribution in [0.25, 0.3) is 0 Å². The van der Waals surface area contributed by atoms with Crippen LogP contribution >= 0.6 is 24.0 Å². The number of carbonyl (C=O) groups excluding carboxylic acids is 1. The van der Waals surface area contributed by atoms with Gasteiger partial charge in [0.2, 0.25) is 5.91 Å². The van der Waals surface area contributed by atoms with E-state index in [0.29, 0.717) is 30.2 Å². The van der Waals surface area contributed by atoms with Crippen molar-refractivity contribution in [3.8, 4) is 0 Å². The Morgan fingerprint density at radius 1 is 1.44 bits per heavy atom. The summed E-state index contributed by atoms with van der Waals surface area (Å²) < 4.78 is 0. The average molecular weight is 387 g/mol. The zero-order chi connectivity index (χ0) is 17.5. The number of carboxylic acid groups (broad SMARTS) is 1. The number of likely N-dealkylation sites (tertiary alicyclic amines) is 1. The second-order valence-corrected chi connectivity index (χ2v) is 7.46. The van der Waals surface area contributed by atoms with Gasteiger partial charge in [0.1, 0.15) is 0 Å². The molecule has 1 saturated heterocycles. The van der Waals surface area contributed by atoms with Crippen molar-refractivity contribution in [3.05, 3.63) is 28.8 Å². The third-order valence-corrected chi connectivity index (χ3v) is 6.19. The standard InChI is InChI=1S/C18H23ClN2O3.ClH/c1-11-14(19)6-3-7-15(11)20-16(22)12(2)21-9-13-5-4-8-18(13,10-21)17(23)24;/h3,6-7,12-13H,4-5,8-10H2,1-2H3,(H,20,22)(H,23,24);1H/t12?,13-,18+;/m0./s1. The van der Waals surface area contributed by atoms with Crippen LogP contribution in [0.3, 0.4) is 0 Å². The molecule has 0 spiro atoms. The summed E-state index contributed by atoms with van der Waals surface area (Å²) in [6.45, 7) is 4.83. The maximum absolute atomic E-state index is 12.6. The molecule has 138 valence electrons. The van der Waals surface area contributed by atoms with Crippen LogP contribution in [0.1, 0.15) is 31.7 Å². The number of hydrogen-bond acceptors (Lipinski definition) is 3. The van der Waals surface area contributed by atoms with Gasteiger partial charge in [0.05, 0.1) is 11.5 Å². The Kier molecular flexibility index (Phi) is 6.02. The van der Waals surface area contributed by atoms with Gasteiger partial charge in [-0.3, -0.25) is 14.5 Å². The summed E-state index contributed by atoms with van der Waals surface area (Å²) in [4.78, 5) is 26.4. The summed E-state index contributed by atoms with van der Waals surface area (Å²) >= 11 is 6.09. The first kappa shape index (κ1) is 20.0. The maximum Gasteiger partial charge on any atom is 0.311 e. The fourth-order valence-electron chi connectivity index (χ4n) is 4.12. The zero-order valence-corrected chi connectivity index (χ0v) is 16.0. The molecular formula is C18H24Cl2N2O3. The maximum atomic E-state index is 12.6. The molecule has 1 aliphatic carbocycles. The fourth-order valence-corrected chi connectivity index (χ4v) is 4.29. The van der Waals surface area contributed by atoms with Gasteiger partial charge in [0.15, 0.2) is 0 Å². The number of nitrogens with zero attached hydrogens (tertiary/aromatic N) is 1. The van der Waals surface area contributed by atoms with E-state index in [4.69, 9.17) is 11.6 Å². The topological polar surface area (TPSA) is 69.6 Å². The quantitative estimate of drug-likeness (QED) is 0.829. The van der Waals surface area contributed by atoms with Crippen molar-refractivity contribution in [2.45, 2.75) is 39.2 Å². The Labute approximate surface area is 159 Å². The molecule has 0 bridgehead atoms. The highest BCUT2D eigenvalue weighted by Gasteiger charge is 2.55. The van der Waals surface area contributed by atoms with Gasteiger partial charge in [-0.1, -0.05) is 24.1 Å². The summed E-state index contributed by atoms with van der Waals surface area (Å²) in [7, 11) is 0. The molecule has 0 radical (unpaired) electrons. The number of carboxylic acids is 1. The van der Waals surface area contributed by atoms with E-state index in [1.165, 1.54) is 0 Å². The Morgan fingerprint density at radius 3 is 2.80 bits per heavy atom. The van der Waals surface area contributed by atoms with Crippen molar-refractivity contribution in [1.82, 2.24) is 4.90 Å². The van der Waals surface area contributed by atoms with E-state index in [1.54, 1.807) is 12.1 Å². The van der Waals surface area contributed by atoms with Crippen LogP contribution in [0.5, 0.6) is 0 Å². The largest absolute Gasteiger partial charge is 0.481 e. The van der Waals surface area contributed by atoms with Gasteiger partial charge in [0, 0.05) is 23.8 Å². The number of carbonyl (C=O) groups is 2. The van der Waals surface area contributed by atoms with Crippen LogP contribution in [0.15, 0.2) is 18.2 Å². The van der Waals surface area contributed by atoms with Crippen LogP contribution in [-0.4, -0.2) is 41.0 Å². The first-order valence-corrected chi connectivity index (χ1v) is 8.76. The molecule has 1 heterocycles. The Bertz CT molecular complexity index is 682. The smallest absolute Gasteiger partial charge is 0.311 e. The van der Waals surface area contributed by atoms with Gasteiger partial charge >= 0.3 is 5.97 Å². The second kappa shape index (κ2) is 7.52. The number of rotatable bonds is 4. The molecule has 2 N–H and O–H groups in total. The molecule has 0 aromatic heterocycles. The molecule has 2 aliphatic rings. The molecule has 2 fully saturated rings. The van der Waals surface area contributed by atoms with Crippen molar-refractivity contribution in [2.24, 2.45) is 11.3 Å². The zero-order valence-electron chi connectivity index (χ0n) is 14.4. The molecule has 1 unspecified atom stereocenters. The van der Waals surface area contributed by atoms with E-state index in [-0.39, 0.29) is 30.3 Å². The molecule has 3 rings (SSSR count). The highest BCUT2D eigenvalue weighted by atomic mass is 35.5. The molecule has 5 nitrogen and oxygen atoms in total. The van der Waals surface area contributed by atoms with Gasteiger partial charge < -0.3 is 10.4 Å². The Balaban J connectivity index is 0.00000225. The van der Waals surface area contributed by atoms with E-state index in [0.717, 1.165) is 18.4 Å². The predicted molar refractivity (Wildman–Crippen MR) is 101 cm³/mol. The summed E-state index contributed by atoms with van der Waals surface area (Å²) in [6.07, 6.45) is 2.61. The molecule has 1 aromatic rings.